The molecule has 0 aliphatic rings. The summed E-state index contributed by atoms with van der Waals surface area (Å²) in [5, 5.41) is 41.0. The average Bonchev–Trinajstić information content (AvgIpc) is 2.73. The maximum atomic E-state index is 10.1. The molecule has 0 saturated heterocycles. The molecule has 37 heavy (non-hydrogen) atoms. The highest BCUT2D eigenvalue weighted by molar-refractivity contribution is 5.80. The highest BCUT2D eigenvalue weighted by Gasteiger charge is 2.15. The molecular formula is C22H47N5O10. The van der Waals surface area contributed by atoms with Gasteiger partial charge in [-0.25, -0.2) is 0 Å². The van der Waals surface area contributed by atoms with Crippen molar-refractivity contribution in [3.05, 3.63) is 0 Å². The van der Waals surface area contributed by atoms with Crippen molar-refractivity contribution in [3.63, 3.8) is 0 Å². The van der Waals surface area contributed by atoms with Crippen molar-refractivity contribution in [2.75, 3.05) is 6.54 Å². The summed E-state index contributed by atoms with van der Waals surface area (Å²) in [5.41, 5.74) is 25.7. The van der Waals surface area contributed by atoms with Crippen molar-refractivity contribution in [1.29, 1.82) is 0 Å². The highest BCUT2D eigenvalue weighted by Crippen LogP contribution is 2.02. The van der Waals surface area contributed by atoms with Crippen LogP contribution in [0.15, 0.2) is 0 Å². The molecule has 0 spiro atoms. The van der Waals surface area contributed by atoms with Crippen LogP contribution in [0.5, 0.6) is 0 Å². The molecular weight excluding hydrogens is 494 g/mol. The smallest absolute Gasteiger partial charge is 0.321 e. The Balaban J connectivity index is -0.000000196. The number of nitrogens with two attached hydrogens (primary N) is 5. The minimum Gasteiger partial charge on any atom is -0.481 e. The van der Waals surface area contributed by atoms with Crippen molar-refractivity contribution < 1.29 is 49.5 Å². The van der Waals surface area contributed by atoms with Crippen LogP contribution < -0.4 is 28.7 Å². The van der Waals surface area contributed by atoms with Gasteiger partial charge in [-0.2, -0.15) is 0 Å². The SMILES string of the molecule is CC(C)CC(N)C(=O)O.CC(C)CC(N)C(=O)O.NC(CC(=O)O)C(=O)O.NCCCCC(N)C(=O)O. The topological polar surface area (TPSA) is 317 Å². The van der Waals surface area contributed by atoms with Crippen LogP contribution >= 0.6 is 0 Å². The van der Waals surface area contributed by atoms with Crippen molar-refractivity contribution in [1.82, 2.24) is 0 Å². The Morgan fingerprint density at radius 3 is 1.05 bits per heavy atom. The Morgan fingerprint density at radius 2 is 0.892 bits per heavy atom. The van der Waals surface area contributed by atoms with Crippen LogP contribution in [0.25, 0.3) is 0 Å². The van der Waals surface area contributed by atoms with Crippen LogP contribution in [0.1, 0.15) is 66.2 Å². The summed E-state index contributed by atoms with van der Waals surface area (Å²) in [6, 6.07) is -3.39. The predicted octanol–water partition coefficient (Wildman–Crippen LogP) is -0.711. The Kier molecular flexibility index (Phi) is 27.7. The molecule has 0 saturated carbocycles. The summed E-state index contributed by atoms with van der Waals surface area (Å²) >= 11 is 0. The lowest BCUT2D eigenvalue weighted by Gasteiger charge is -2.07. The van der Waals surface area contributed by atoms with E-state index in [0.717, 1.165) is 12.8 Å². The van der Waals surface area contributed by atoms with Crippen molar-refractivity contribution in [2.45, 2.75) is 90.4 Å². The molecule has 0 amide bonds. The summed E-state index contributed by atoms with van der Waals surface area (Å²) in [6.07, 6.45) is 2.73. The monoisotopic (exact) mass is 541 g/mol. The van der Waals surface area contributed by atoms with Gasteiger partial charge in [0.15, 0.2) is 0 Å². The Hall–Kier alpha value is -2.85. The molecule has 0 heterocycles. The molecule has 0 aliphatic heterocycles. The number of hydrogen-bond acceptors (Lipinski definition) is 10. The van der Waals surface area contributed by atoms with Crippen LogP contribution in [-0.2, 0) is 24.0 Å². The molecule has 0 aliphatic carbocycles. The number of carboxylic acids is 5. The van der Waals surface area contributed by atoms with Gasteiger partial charge < -0.3 is 54.2 Å². The Labute approximate surface area is 217 Å². The Bertz CT molecular complexity index is 636. The first-order valence-electron chi connectivity index (χ1n) is 11.6. The fraction of sp³-hybridized carbons (Fsp3) is 0.773. The van der Waals surface area contributed by atoms with Crippen LogP contribution in [0.2, 0.25) is 0 Å². The molecule has 0 fully saturated rings. The van der Waals surface area contributed by atoms with Crippen LogP contribution in [0.4, 0.5) is 0 Å². The molecule has 0 rings (SSSR count). The zero-order chi connectivity index (χ0) is 30.3. The van der Waals surface area contributed by atoms with Gasteiger partial charge in [0.25, 0.3) is 0 Å². The number of unbranched alkanes of at least 4 members (excludes halogenated alkanes) is 1. The van der Waals surface area contributed by atoms with Gasteiger partial charge in [0.2, 0.25) is 0 Å². The lowest BCUT2D eigenvalue weighted by molar-refractivity contribution is -0.144. The molecule has 0 bridgehead atoms. The standard InChI is InChI=1S/C6H14N2O2.2C6H13NO2.C4H7NO4/c7-4-2-1-3-5(8)6(9)10;2*1-4(2)3-5(7)6(8)9;5-2(4(8)9)1-3(6)7/h5H,1-4,7-8H2,(H,9,10);2*4-5H,3,7H2,1-2H3,(H,8,9);2H,1,5H2,(H,6,7)(H,8,9). The van der Waals surface area contributed by atoms with Crippen molar-refractivity contribution >= 4 is 29.8 Å². The van der Waals surface area contributed by atoms with Gasteiger partial charge in [-0.3, -0.25) is 24.0 Å². The van der Waals surface area contributed by atoms with Crippen LogP contribution in [0.3, 0.4) is 0 Å². The minimum absolute atomic E-state index is 0.357. The molecule has 0 aromatic heterocycles. The maximum Gasteiger partial charge on any atom is 0.321 e. The van der Waals surface area contributed by atoms with Gasteiger partial charge in [-0.15, -0.1) is 0 Å². The predicted molar refractivity (Wildman–Crippen MR) is 137 cm³/mol. The second-order valence-electron chi connectivity index (χ2n) is 8.92. The van der Waals surface area contributed by atoms with E-state index in [2.05, 4.69) is 0 Å². The molecule has 0 aromatic rings. The fourth-order valence-electron chi connectivity index (χ4n) is 2.12. The zero-order valence-electron chi connectivity index (χ0n) is 22.1. The lowest BCUT2D eigenvalue weighted by atomic mass is 10.1. The van der Waals surface area contributed by atoms with E-state index < -0.39 is 60.4 Å². The molecule has 15 nitrogen and oxygen atoms in total. The first-order valence-corrected chi connectivity index (χ1v) is 11.6. The number of hydrogen-bond donors (Lipinski definition) is 10. The normalized spacial score (nSPS) is 13.3. The van der Waals surface area contributed by atoms with Crippen molar-refractivity contribution in [2.24, 2.45) is 40.5 Å². The van der Waals surface area contributed by atoms with Crippen LogP contribution in [0, 0.1) is 11.8 Å². The molecule has 0 radical (unpaired) electrons. The number of carboxylic acid groups (broad SMARTS) is 5. The van der Waals surface area contributed by atoms with E-state index in [1.165, 1.54) is 0 Å². The van der Waals surface area contributed by atoms with Crippen molar-refractivity contribution in [3.8, 4) is 0 Å². The second-order valence-corrected chi connectivity index (χ2v) is 8.92. The zero-order valence-corrected chi connectivity index (χ0v) is 22.1. The first-order chi connectivity index (χ1) is 16.8. The summed E-state index contributed by atoms with van der Waals surface area (Å²) in [6.45, 7) is 8.39. The summed E-state index contributed by atoms with van der Waals surface area (Å²) in [4.78, 5) is 50.0. The number of aliphatic carboxylic acids is 5. The van der Waals surface area contributed by atoms with Gasteiger partial charge in [-0.1, -0.05) is 34.1 Å². The van der Waals surface area contributed by atoms with E-state index in [-0.39, 0.29) is 0 Å². The maximum absolute atomic E-state index is 10.1. The van der Waals surface area contributed by atoms with Gasteiger partial charge >= 0.3 is 29.8 Å². The van der Waals surface area contributed by atoms with E-state index in [9.17, 15) is 24.0 Å². The summed E-state index contributed by atoms with van der Waals surface area (Å²) in [5.74, 6) is -4.54. The molecule has 220 valence electrons. The lowest BCUT2D eigenvalue weighted by Crippen LogP contribution is -2.32. The third kappa shape index (κ3) is 35.4. The van der Waals surface area contributed by atoms with E-state index in [1.54, 1.807) is 0 Å². The number of rotatable bonds is 14. The molecule has 15 N–H and O–H groups in total. The first kappa shape index (κ1) is 41.3. The largest absolute Gasteiger partial charge is 0.481 e. The average molecular weight is 542 g/mol. The van der Waals surface area contributed by atoms with Gasteiger partial charge in [0, 0.05) is 0 Å². The summed E-state index contributed by atoms with van der Waals surface area (Å²) < 4.78 is 0. The molecule has 4 atom stereocenters. The Morgan fingerprint density at radius 1 is 0.568 bits per heavy atom. The summed E-state index contributed by atoms with van der Waals surface area (Å²) in [7, 11) is 0. The van der Waals surface area contributed by atoms with E-state index in [1.807, 2.05) is 27.7 Å². The van der Waals surface area contributed by atoms with Gasteiger partial charge in [-0.05, 0) is 44.1 Å². The van der Waals surface area contributed by atoms with Crippen LogP contribution in [-0.4, -0.2) is 86.1 Å². The number of carbonyl (C=O) groups is 5. The van der Waals surface area contributed by atoms with Gasteiger partial charge in [0.1, 0.15) is 24.2 Å². The fourth-order valence-corrected chi connectivity index (χ4v) is 2.12. The van der Waals surface area contributed by atoms with E-state index in [0.29, 0.717) is 37.6 Å². The highest BCUT2D eigenvalue weighted by atomic mass is 16.4. The molecule has 4 unspecified atom stereocenters. The van der Waals surface area contributed by atoms with Gasteiger partial charge in [0.05, 0.1) is 6.42 Å². The third-order valence-electron chi connectivity index (χ3n) is 4.08. The quantitative estimate of drug-likeness (QED) is 0.121. The second kappa shape index (κ2) is 24.8. The third-order valence-corrected chi connectivity index (χ3v) is 4.08. The van der Waals surface area contributed by atoms with E-state index in [4.69, 9.17) is 54.2 Å². The minimum atomic E-state index is -1.29. The molecule has 15 heteroatoms. The van der Waals surface area contributed by atoms with E-state index >= 15 is 0 Å². The molecule has 0 aromatic carbocycles.